The van der Waals surface area contributed by atoms with E-state index in [-0.39, 0.29) is 11.9 Å². The van der Waals surface area contributed by atoms with E-state index in [1.807, 2.05) is 30.3 Å². The van der Waals surface area contributed by atoms with Crippen LogP contribution in [0.3, 0.4) is 0 Å². The van der Waals surface area contributed by atoms with Gasteiger partial charge in [0.15, 0.2) is 9.84 Å². The third-order valence-corrected chi connectivity index (χ3v) is 7.43. The molecule has 4 rings (SSSR count). The maximum Gasteiger partial charge on any atom is 0.244 e. The van der Waals surface area contributed by atoms with Gasteiger partial charge in [0.2, 0.25) is 5.91 Å². The van der Waals surface area contributed by atoms with Crippen molar-refractivity contribution in [3.05, 3.63) is 35.9 Å². The second-order valence-corrected chi connectivity index (χ2v) is 9.79. The molecule has 0 radical (unpaired) electrons. The molecule has 2 fully saturated rings. The lowest BCUT2D eigenvalue weighted by Crippen LogP contribution is -2.53. The Morgan fingerprint density at radius 3 is 2.44 bits per heavy atom. The first-order valence-corrected chi connectivity index (χ1v) is 11.4. The van der Waals surface area contributed by atoms with Crippen LogP contribution in [-0.2, 0) is 14.6 Å². The zero-order valence-corrected chi connectivity index (χ0v) is 16.3. The standard InChI is InChI=1S/C19H26N4O3S/c24-19-7-6-18(16-4-2-1-3-5-16)20-23(19)15-21-9-11-22(12-10-21)17-8-13-27(25,26)14-17/h1-5,17H,6-15H2/t17-/m1/s1. The van der Waals surface area contributed by atoms with Gasteiger partial charge in [-0.2, -0.15) is 5.10 Å². The van der Waals surface area contributed by atoms with Crippen LogP contribution in [0.25, 0.3) is 0 Å². The molecule has 0 aromatic heterocycles. The summed E-state index contributed by atoms with van der Waals surface area (Å²) in [4.78, 5) is 16.8. The molecule has 0 N–H and O–H groups in total. The summed E-state index contributed by atoms with van der Waals surface area (Å²) in [5.74, 6) is 0.679. The number of carbonyl (C=O) groups is 1. The van der Waals surface area contributed by atoms with Gasteiger partial charge < -0.3 is 0 Å². The minimum absolute atomic E-state index is 0.0685. The van der Waals surface area contributed by atoms with Crippen LogP contribution in [0.5, 0.6) is 0 Å². The average Bonchev–Trinajstić information content (AvgIpc) is 3.05. The fourth-order valence-electron chi connectivity index (χ4n) is 4.07. The van der Waals surface area contributed by atoms with Crippen molar-refractivity contribution < 1.29 is 13.2 Å². The topological polar surface area (TPSA) is 73.3 Å². The highest BCUT2D eigenvalue weighted by molar-refractivity contribution is 7.91. The summed E-state index contributed by atoms with van der Waals surface area (Å²) in [6.07, 6.45) is 1.93. The Balaban J connectivity index is 1.35. The molecular formula is C19H26N4O3S. The first-order valence-electron chi connectivity index (χ1n) is 9.60. The fourth-order valence-corrected chi connectivity index (χ4v) is 5.83. The predicted octanol–water partition coefficient (Wildman–Crippen LogP) is 0.775. The van der Waals surface area contributed by atoms with Gasteiger partial charge in [-0.25, -0.2) is 13.4 Å². The zero-order valence-electron chi connectivity index (χ0n) is 15.5. The maximum atomic E-state index is 12.3. The van der Waals surface area contributed by atoms with E-state index < -0.39 is 9.84 Å². The monoisotopic (exact) mass is 390 g/mol. The summed E-state index contributed by atoms with van der Waals surface area (Å²) < 4.78 is 23.4. The summed E-state index contributed by atoms with van der Waals surface area (Å²) in [5.41, 5.74) is 2.03. The third kappa shape index (κ3) is 4.39. The van der Waals surface area contributed by atoms with Crippen LogP contribution in [0.1, 0.15) is 24.8 Å². The lowest BCUT2D eigenvalue weighted by molar-refractivity contribution is -0.134. The average molecular weight is 391 g/mol. The van der Waals surface area contributed by atoms with E-state index >= 15 is 0 Å². The van der Waals surface area contributed by atoms with Crippen LogP contribution in [0, 0.1) is 0 Å². The van der Waals surface area contributed by atoms with E-state index in [2.05, 4.69) is 14.9 Å². The Morgan fingerprint density at radius 2 is 1.78 bits per heavy atom. The second kappa shape index (κ2) is 7.69. The SMILES string of the molecule is O=C1CCC(c2ccccc2)=NN1CN1CCN([C@@H]2CCS(=O)(=O)C2)CC1. The number of hydrogen-bond acceptors (Lipinski definition) is 6. The van der Waals surface area contributed by atoms with Crippen molar-refractivity contribution in [2.45, 2.75) is 25.3 Å². The molecule has 2 saturated heterocycles. The molecular weight excluding hydrogens is 364 g/mol. The highest BCUT2D eigenvalue weighted by Gasteiger charge is 2.34. The Hall–Kier alpha value is -1.77. The molecule has 0 spiro atoms. The number of rotatable bonds is 4. The van der Waals surface area contributed by atoms with Crippen LogP contribution in [0.15, 0.2) is 35.4 Å². The van der Waals surface area contributed by atoms with Crippen LogP contribution in [0.4, 0.5) is 0 Å². The minimum atomic E-state index is -2.85. The molecule has 0 aliphatic carbocycles. The maximum absolute atomic E-state index is 12.3. The number of carbonyl (C=O) groups excluding carboxylic acids is 1. The number of amides is 1. The molecule has 0 unspecified atom stereocenters. The Bertz CT molecular complexity index is 817. The van der Waals surface area contributed by atoms with Gasteiger partial charge >= 0.3 is 0 Å². The highest BCUT2D eigenvalue weighted by Crippen LogP contribution is 2.20. The van der Waals surface area contributed by atoms with E-state index in [0.29, 0.717) is 31.0 Å². The first-order chi connectivity index (χ1) is 13.0. The van der Waals surface area contributed by atoms with Crippen molar-refractivity contribution in [1.29, 1.82) is 0 Å². The largest absolute Gasteiger partial charge is 0.297 e. The van der Waals surface area contributed by atoms with E-state index in [4.69, 9.17) is 0 Å². The molecule has 1 atom stereocenters. The summed E-state index contributed by atoms with van der Waals surface area (Å²) in [6.45, 7) is 3.86. The summed E-state index contributed by atoms with van der Waals surface area (Å²) in [7, 11) is -2.85. The lowest BCUT2D eigenvalue weighted by Gasteiger charge is -2.39. The molecule has 3 heterocycles. The van der Waals surface area contributed by atoms with E-state index in [1.165, 1.54) is 0 Å². The smallest absolute Gasteiger partial charge is 0.244 e. The van der Waals surface area contributed by atoms with Crippen molar-refractivity contribution in [3.8, 4) is 0 Å². The molecule has 146 valence electrons. The zero-order chi connectivity index (χ0) is 18.9. The van der Waals surface area contributed by atoms with Gasteiger partial charge in [-0.15, -0.1) is 0 Å². The molecule has 3 aliphatic heterocycles. The van der Waals surface area contributed by atoms with Crippen LogP contribution >= 0.6 is 0 Å². The van der Waals surface area contributed by atoms with Gasteiger partial charge in [0.25, 0.3) is 0 Å². The van der Waals surface area contributed by atoms with Crippen LogP contribution < -0.4 is 0 Å². The Labute approximate surface area is 160 Å². The second-order valence-electron chi connectivity index (χ2n) is 7.56. The lowest BCUT2D eigenvalue weighted by atomic mass is 10.0. The summed E-state index contributed by atoms with van der Waals surface area (Å²) in [5, 5.41) is 6.21. The quantitative estimate of drug-likeness (QED) is 0.760. The van der Waals surface area contributed by atoms with E-state index in [9.17, 15) is 13.2 Å². The summed E-state index contributed by atoms with van der Waals surface area (Å²) >= 11 is 0. The normalized spacial score (nSPS) is 27.0. The van der Waals surface area contributed by atoms with Crippen LogP contribution in [0.2, 0.25) is 0 Å². The van der Waals surface area contributed by atoms with Gasteiger partial charge in [0, 0.05) is 45.1 Å². The minimum Gasteiger partial charge on any atom is -0.297 e. The number of nitrogens with zero attached hydrogens (tertiary/aromatic N) is 4. The molecule has 7 nitrogen and oxygen atoms in total. The molecule has 3 aliphatic rings. The van der Waals surface area contributed by atoms with Crippen molar-refractivity contribution >= 4 is 21.5 Å². The molecule has 8 heteroatoms. The van der Waals surface area contributed by atoms with Crippen LogP contribution in [-0.4, -0.2) is 85.2 Å². The first kappa shape index (κ1) is 18.6. The molecule has 1 aromatic carbocycles. The van der Waals surface area contributed by atoms with Crippen molar-refractivity contribution in [3.63, 3.8) is 0 Å². The van der Waals surface area contributed by atoms with Gasteiger partial charge in [-0.05, 0) is 12.0 Å². The number of piperazine rings is 1. The predicted molar refractivity (Wildman–Crippen MR) is 104 cm³/mol. The molecule has 1 aromatic rings. The van der Waals surface area contributed by atoms with Crippen molar-refractivity contribution in [2.75, 3.05) is 44.4 Å². The Morgan fingerprint density at radius 1 is 1.04 bits per heavy atom. The van der Waals surface area contributed by atoms with Crippen molar-refractivity contribution in [1.82, 2.24) is 14.8 Å². The van der Waals surface area contributed by atoms with E-state index in [0.717, 1.165) is 43.9 Å². The molecule has 27 heavy (non-hydrogen) atoms. The highest BCUT2D eigenvalue weighted by atomic mass is 32.2. The van der Waals surface area contributed by atoms with Crippen molar-refractivity contribution in [2.24, 2.45) is 5.10 Å². The van der Waals surface area contributed by atoms with Gasteiger partial charge in [0.1, 0.15) is 0 Å². The van der Waals surface area contributed by atoms with Gasteiger partial charge in [-0.3, -0.25) is 14.6 Å². The number of hydrazone groups is 1. The summed E-state index contributed by atoms with van der Waals surface area (Å²) in [6, 6.07) is 10.2. The number of hydrogen-bond donors (Lipinski definition) is 0. The molecule has 0 saturated carbocycles. The Kier molecular flexibility index (Phi) is 5.29. The van der Waals surface area contributed by atoms with Gasteiger partial charge in [-0.1, -0.05) is 30.3 Å². The fraction of sp³-hybridized carbons (Fsp3) is 0.579. The number of benzene rings is 1. The molecule has 1 amide bonds. The molecule has 0 bridgehead atoms. The van der Waals surface area contributed by atoms with E-state index in [1.54, 1.807) is 5.01 Å². The van der Waals surface area contributed by atoms with Gasteiger partial charge in [0.05, 0.1) is 23.9 Å². The third-order valence-electron chi connectivity index (χ3n) is 5.68. The number of sulfone groups is 1.